The molecule has 0 aliphatic carbocycles. The van der Waals surface area contributed by atoms with E-state index in [9.17, 15) is 28.3 Å². The summed E-state index contributed by atoms with van der Waals surface area (Å²) < 4.78 is 26.7. The Kier molecular flexibility index (Phi) is 6.79. The molecule has 1 aliphatic heterocycles. The Hall–Kier alpha value is -3.55. The third kappa shape index (κ3) is 4.96. The number of carbonyl (C=O) groups is 3. The Bertz CT molecular complexity index is 1020. The van der Waals surface area contributed by atoms with Crippen LogP contribution in [-0.4, -0.2) is 39.3 Å². The summed E-state index contributed by atoms with van der Waals surface area (Å²) in [5.74, 6) is -4.06. The minimum atomic E-state index is -0.940. The van der Waals surface area contributed by atoms with Gasteiger partial charge in [-0.3, -0.25) is 14.4 Å². The lowest BCUT2D eigenvalue weighted by Gasteiger charge is -2.25. The highest BCUT2D eigenvalue weighted by Crippen LogP contribution is 2.39. The number of halogens is 2. The third-order valence-electron chi connectivity index (χ3n) is 5.13. The molecule has 31 heavy (non-hydrogen) atoms. The van der Waals surface area contributed by atoms with Gasteiger partial charge in [-0.1, -0.05) is 18.6 Å². The predicted molar refractivity (Wildman–Crippen MR) is 108 cm³/mol. The molecule has 1 aliphatic rings. The average molecular weight is 429 g/mol. The number of nitrogens with zero attached hydrogens (tertiary/aromatic N) is 1. The molecular formula is C23H21F2NO5. The molecule has 1 amide bonds. The second kappa shape index (κ2) is 9.51. The molecule has 2 N–H and O–H groups in total. The highest BCUT2D eigenvalue weighted by atomic mass is 19.1. The van der Waals surface area contributed by atoms with E-state index in [1.54, 1.807) is 0 Å². The van der Waals surface area contributed by atoms with Gasteiger partial charge in [0.25, 0.3) is 11.7 Å². The zero-order valence-corrected chi connectivity index (χ0v) is 16.6. The van der Waals surface area contributed by atoms with Crippen molar-refractivity contribution in [2.24, 2.45) is 0 Å². The number of hydrogen-bond donors (Lipinski definition) is 2. The number of benzene rings is 2. The van der Waals surface area contributed by atoms with Crippen molar-refractivity contribution < 1.29 is 33.4 Å². The molecular weight excluding hydrogens is 408 g/mol. The first kappa shape index (κ1) is 22.1. The molecule has 2 aromatic carbocycles. The average Bonchev–Trinajstić information content (AvgIpc) is 2.99. The number of unbranched alkanes of at least 4 members (excludes halogenated alkanes) is 2. The normalized spacial score (nSPS) is 17.9. The first-order valence-corrected chi connectivity index (χ1v) is 9.81. The van der Waals surface area contributed by atoms with Crippen LogP contribution in [0.4, 0.5) is 8.78 Å². The number of hydrogen-bond acceptors (Lipinski definition) is 4. The van der Waals surface area contributed by atoms with Gasteiger partial charge in [0.05, 0.1) is 11.6 Å². The molecule has 1 unspecified atom stereocenters. The van der Waals surface area contributed by atoms with Gasteiger partial charge >= 0.3 is 5.97 Å². The molecule has 3 rings (SSSR count). The van der Waals surface area contributed by atoms with Crippen molar-refractivity contribution in [2.45, 2.75) is 31.7 Å². The number of carbonyl (C=O) groups excluding carboxylic acids is 2. The fraction of sp³-hybridized carbons (Fsp3) is 0.261. The Labute approximate surface area is 177 Å². The Balaban J connectivity index is 1.96. The molecule has 162 valence electrons. The summed E-state index contributed by atoms with van der Waals surface area (Å²) in [6.45, 7) is 0.159. The van der Waals surface area contributed by atoms with Crippen LogP contribution in [0.3, 0.4) is 0 Å². The number of carboxylic acid groups (broad SMARTS) is 1. The lowest BCUT2D eigenvalue weighted by molar-refractivity contribution is -0.140. The largest absolute Gasteiger partial charge is 0.507 e. The number of amides is 1. The molecule has 1 heterocycles. The number of ketones is 1. The summed E-state index contributed by atoms with van der Waals surface area (Å²) in [6.07, 6.45) is 1.42. The van der Waals surface area contributed by atoms with Crippen molar-refractivity contribution >= 4 is 23.4 Å². The summed E-state index contributed by atoms with van der Waals surface area (Å²) >= 11 is 0. The maximum absolute atomic E-state index is 13.4. The van der Waals surface area contributed by atoms with E-state index in [-0.39, 0.29) is 24.1 Å². The Morgan fingerprint density at radius 2 is 1.45 bits per heavy atom. The van der Waals surface area contributed by atoms with E-state index in [2.05, 4.69) is 0 Å². The fourth-order valence-electron chi connectivity index (χ4n) is 3.60. The summed E-state index contributed by atoms with van der Waals surface area (Å²) in [6, 6.07) is 9.16. The molecule has 8 heteroatoms. The van der Waals surface area contributed by atoms with Crippen molar-refractivity contribution in [1.82, 2.24) is 4.90 Å². The Morgan fingerprint density at radius 1 is 0.871 bits per heavy atom. The van der Waals surface area contributed by atoms with Crippen LogP contribution in [0.2, 0.25) is 0 Å². The van der Waals surface area contributed by atoms with Crippen molar-refractivity contribution in [2.75, 3.05) is 6.54 Å². The highest BCUT2D eigenvalue weighted by molar-refractivity contribution is 6.46. The number of carboxylic acids is 1. The van der Waals surface area contributed by atoms with Gasteiger partial charge in [0.2, 0.25) is 0 Å². The molecule has 0 saturated carbocycles. The number of Topliss-reactive ketones (excluding diaryl/α,β-unsaturated/α-hetero) is 1. The van der Waals surface area contributed by atoms with E-state index >= 15 is 0 Å². The number of aliphatic hydroxyl groups excluding tert-OH is 1. The van der Waals surface area contributed by atoms with Gasteiger partial charge in [0.1, 0.15) is 17.4 Å². The quantitative estimate of drug-likeness (QED) is 0.286. The van der Waals surface area contributed by atoms with Crippen LogP contribution >= 0.6 is 0 Å². The first-order valence-electron chi connectivity index (χ1n) is 9.81. The molecule has 6 nitrogen and oxygen atoms in total. The molecule has 0 bridgehead atoms. The zero-order chi connectivity index (χ0) is 22.5. The van der Waals surface area contributed by atoms with E-state index < -0.39 is 41.1 Å². The van der Waals surface area contributed by atoms with Crippen LogP contribution in [-0.2, 0) is 14.4 Å². The van der Waals surface area contributed by atoms with Crippen LogP contribution < -0.4 is 0 Å². The second-order valence-corrected chi connectivity index (χ2v) is 7.26. The van der Waals surface area contributed by atoms with E-state index in [1.807, 2.05) is 0 Å². The van der Waals surface area contributed by atoms with Gasteiger partial charge in [-0.15, -0.1) is 0 Å². The van der Waals surface area contributed by atoms with Gasteiger partial charge < -0.3 is 15.1 Å². The van der Waals surface area contributed by atoms with Crippen molar-refractivity contribution in [1.29, 1.82) is 0 Å². The minimum Gasteiger partial charge on any atom is -0.507 e. The van der Waals surface area contributed by atoms with E-state index in [0.29, 0.717) is 24.8 Å². The van der Waals surface area contributed by atoms with Gasteiger partial charge in [0, 0.05) is 18.5 Å². The van der Waals surface area contributed by atoms with Gasteiger partial charge in [-0.05, 0) is 54.8 Å². The van der Waals surface area contributed by atoms with E-state index in [1.165, 1.54) is 41.3 Å². The maximum atomic E-state index is 13.4. The summed E-state index contributed by atoms with van der Waals surface area (Å²) in [7, 11) is 0. The van der Waals surface area contributed by atoms with Crippen molar-refractivity contribution in [3.8, 4) is 0 Å². The van der Waals surface area contributed by atoms with Gasteiger partial charge in [-0.2, -0.15) is 0 Å². The number of likely N-dealkylation sites (tertiary alicyclic amines) is 1. The maximum Gasteiger partial charge on any atom is 0.303 e. The molecule has 0 spiro atoms. The number of aliphatic carboxylic acids is 1. The second-order valence-electron chi connectivity index (χ2n) is 7.26. The monoisotopic (exact) mass is 429 g/mol. The molecule has 1 atom stereocenters. The molecule has 0 radical (unpaired) electrons. The van der Waals surface area contributed by atoms with E-state index in [4.69, 9.17) is 5.11 Å². The summed E-state index contributed by atoms with van der Waals surface area (Å²) in [5, 5.41) is 19.5. The van der Waals surface area contributed by atoms with Gasteiger partial charge in [0.15, 0.2) is 0 Å². The lowest BCUT2D eigenvalue weighted by Crippen LogP contribution is -2.30. The standard InChI is InChI=1S/C23H21F2NO5/c24-16-9-5-14(6-10-16)20-19(21(29)15-7-11-17(25)12-8-15)22(30)23(31)26(20)13-3-1-2-4-18(27)28/h5-12,20,29H,1-4,13H2,(H,27,28)/b21-19-. The molecule has 2 aromatic rings. The lowest BCUT2D eigenvalue weighted by atomic mass is 9.95. The predicted octanol–water partition coefficient (Wildman–Crippen LogP) is 4.03. The fourth-order valence-corrected chi connectivity index (χ4v) is 3.60. The molecule has 1 fully saturated rings. The van der Waals surface area contributed by atoms with E-state index in [0.717, 1.165) is 12.1 Å². The van der Waals surface area contributed by atoms with Crippen LogP contribution in [0, 0.1) is 11.6 Å². The highest BCUT2D eigenvalue weighted by Gasteiger charge is 2.45. The topological polar surface area (TPSA) is 94.9 Å². The van der Waals surface area contributed by atoms with Crippen LogP contribution in [0.25, 0.3) is 5.76 Å². The number of rotatable bonds is 8. The van der Waals surface area contributed by atoms with Crippen LogP contribution in [0.5, 0.6) is 0 Å². The summed E-state index contributed by atoms with van der Waals surface area (Å²) in [4.78, 5) is 37.5. The molecule has 0 aromatic heterocycles. The van der Waals surface area contributed by atoms with Crippen LogP contribution in [0.15, 0.2) is 54.1 Å². The van der Waals surface area contributed by atoms with Gasteiger partial charge in [-0.25, -0.2) is 8.78 Å². The summed E-state index contributed by atoms with van der Waals surface area (Å²) in [5.41, 5.74) is 0.455. The third-order valence-corrected chi connectivity index (χ3v) is 5.13. The zero-order valence-electron chi connectivity index (χ0n) is 16.6. The number of aliphatic hydroxyl groups is 1. The SMILES string of the molecule is O=C(O)CCCCCN1C(=O)C(=O)/C(=C(\O)c2ccc(F)cc2)C1c1ccc(F)cc1. The minimum absolute atomic E-state index is 0.00474. The Morgan fingerprint density at radius 3 is 2.03 bits per heavy atom. The van der Waals surface area contributed by atoms with Crippen molar-refractivity contribution in [3.05, 3.63) is 76.9 Å². The first-order chi connectivity index (χ1) is 14.8. The molecule has 1 saturated heterocycles. The van der Waals surface area contributed by atoms with Crippen LogP contribution in [0.1, 0.15) is 42.9 Å². The van der Waals surface area contributed by atoms with Crippen molar-refractivity contribution in [3.63, 3.8) is 0 Å². The smallest absolute Gasteiger partial charge is 0.303 e.